The Bertz CT molecular complexity index is 1520. The minimum Gasteiger partial charge on any atom is -0.495 e. The number of sulfonamides is 1. The van der Waals surface area contributed by atoms with Crippen molar-refractivity contribution in [1.29, 1.82) is 0 Å². The van der Waals surface area contributed by atoms with Crippen LogP contribution in [0.5, 0.6) is 17.2 Å². The van der Waals surface area contributed by atoms with Crippen LogP contribution < -0.4 is 23.8 Å². The lowest BCUT2D eigenvalue weighted by Crippen LogP contribution is -2.51. The summed E-state index contributed by atoms with van der Waals surface area (Å²) in [4.78, 5) is 28.1. The number of nitrogens with one attached hydrogen (secondary N) is 1. The van der Waals surface area contributed by atoms with Crippen LogP contribution in [0.15, 0.2) is 65.6 Å². The molecular formula is C29H33Cl2N3O7S. The quantitative estimate of drug-likeness (QED) is 0.287. The molecule has 3 rings (SSSR count). The molecule has 13 heteroatoms. The van der Waals surface area contributed by atoms with E-state index in [1.54, 1.807) is 37.3 Å². The summed E-state index contributed by atoms with van der Waals surface area (Å²) >= 11 is 12.3. The maximum absolute atomic E-state index is 14.2. The number of anilines is 1. The van der Waals surface area contributed by atoms with Gasteiger partial charge in [0.05, 0.1) is 31.9 Å². The number of likely N-dealkylation sites (N-methyl/N-ethyl adjacent to an activating group) is 1. The second kappa shape index (κ2) is 14.5. The third-order valence-electron chi connectivity index (χ3n) is 6.53. The molecule has 1 atom stereocenters. The van der Waals surface area contributed by atoms with Gasteiger partial charge in [-0.3, -0.25) is 13.9 Å². The Labute approximate surface area is 256 Å². The number of amides is 2. The summed E-state index contributed by atoms with van der Waals surface area (Å²) in [6.45, 7) is 1.12. The van der Waals surface area contributed by atoms with Gasteiger partial charge in [0.1, 0.15) is 18.3 Å². The molecule has 0 aliphatic carbocycles. The lowest BCUT2D eigenvalue weighted by molar-refractivity contribution is -0.140. The van der Waals surface area contributed by atoms with Crippen LogP contribution in [0.2, 0.25) is 10.0 Å². The van der Waals surface area contributed by atoms with E-state index in [9.17, 15) is 18.0 Å². The highest BCUT2D eigenvalue weighted by Gasteiger charge is 2.35. The molecule has 0 saturated heterocycles. The zero-order valence-corrected chi connectivity index (χ0v) is 26.2. The maximum Gasteiger partial charge on any atom is 0.265 e. The number of hydrogen-bond donors (Lipinski definition) is 1. The van der Waals surface area contributed by atoms with Crippen molar-refractivity contribution in [2.24, 2.45) is 0 Å². The lowest BCUT2D eigenvalue weighted by Gasteiger charge is -2.33. The van der Waals surface area contributed by atoms with E-state index in [1.807, 2.05) is 0 Å². The van der Waals surface area contributed by atoms with E-state index in [-0.39, 0.29) is 40.1 Å². The number of halogens is 2. The van der Waals surface area contributed by atoms with Crippen molar-refractivity contribution in [3.63, 3.8) is 0 Å². The highest BCUT2D eigenvalue weighted by Crippen LogP contribution is 2.37. The highest BCUT2D eigenvalue weighted by molar-refractivity contribution is 7.92. The van der Waals surface area contributed by atoms with Gasteiger partial charge >= 0.3 is 0 Å². The normalized spacial score (nSPS) is 11.8. The maximum atomic E-state index is 14.2. The Kier molecular flexibility index (Phi) is 11.3. The van der Waals surface area contributed by atoms with Gasteiger partial charge < -0.3 is 24.4 Å². The molecule has 0 spiro atoms. The summed E-state index contributed by atoms with van der Waals surface area (Å²) in [5.74, 6) is -0.359. The molecule has 0 fully saturated rings. The molecule has 3 aromatic rings. The van der Waals surface area contributed by atoms with Gasteiger partial charge in [0, 0.05) is 29.7 Å². The second-order valence-corrected chi connectivity index (χ2v) is 11.8. The summed E-state index contributed by atoms with van der Waals surface area (Å²) in [6.07, 6.45) is 0.280. The smallest absolute Gasteiger partial charge is 0.265 e. The Morgan fingerprint density at radius 3 is 2.02 bits per heavy atom. The van der Waals surface area contributed by atoms with Crippen LogP contribution in [0.1, 0.15) is 18.9 Å². The molecule has 2 amide bonds. The van der Waals surface area contributed by atoms with Gasteiger partial charge in [-0.25, -0.2) is 8.42 Å². The van der Waals surface area contributed by atoms with Crippen molar-refractivity contribution in [3.8, 4) is 17.2 Å². The standard InChI is InChI=1S/C29H33Cl2N3O7S/c1-6-23(29(36)32-2)33(17-19-7-9-20(30)10-8-19)28(35)18-34(24-15-21(31)11-13-25(24)39-3)42(37,38)22-12-14-26(40-4)27(16-22)41-5/h7-16,23H,6,17-18H2,1-5H3,(H,32,36). The van der Waals surface area contributed by atoms with Crippen molar-refractivity contribution in [3.05, 3.63) is 76.3 Å². The molecule has 10 nitrogen and oxygen atoms in total. The van der Waals surface area contributed by atoms with E-state index in [0.717, 1.165) is 4.31 Å². The number of nitrogens with zero attached hydrogens (tertiary/aromatic N) is 2. The van der Waals surface area contributed by atoms with Gasteiger partial charge in [-0.1, -0.05) is 42.3 Å². The molecule has 3 aromatic carbocycles. The Hall–Kier alpha value is -3.67. The van der Waals surface area contributed by atoms with Crippen LogP contribution in [0.3, 0.4) is 0 Å². The number of hydrogen-bond acceptors (Lipinski definition) is 7. The van der Waals surface area contributed by atoms with Crippen LogP contribution in [0.25, 0.3) is 0 Å². The molecule has 0 radical (unpaired) electrons. The van der Waals surface area contributed by atoms with E-state index in [1.165, 1.54) is 63.6 Å². The van der Waals surface area contributed by atoms with Gasteiger partial charge in [-0.2, -0.15) is 0 Å². The number of carbonyl (C=O) groups excluding carboxylic acids is 2. The Balaban J connectivity index is 2.17. The Morgan fingerprint density at radius 1 is 0.857 bits per heavy atom. The number of carbonyl (C=O) groups is 2. The van der Waals surface area contributed by atoms with Crippen LogP contribution in [0.4, 0.5) is 5.69 Å². The molecule has 0 bridgehead atoms. The van der Waals surface area contributed by atoms with Crippen LogP contribution in [0, 0.1) is 0 Å². The zero-order valence-electron chi connectivity index (χ0n) is 23.9. The summed E-state index contributed by atoms with van der Waals surface area (Å²) in [5.41, 5.74) is 0.734. The molecule has 0 aliphatic rings. The fourth-order valence-electron chi connectivity index (χ4n) is 4.35. The van der Waals surface area contributed by atoms with Crippen molar-refractivity contribution in [2.45, 2.75) is 30.8 Å². The predicted molar refractivity (Wildman–Crippen MR) is 162 cm³/mol. The number of benzene rings is 3. The number of methoxy groups -OCH3 is 3. The average molecular weight is 639 g/mol. The fraction of sp³-hybridized carbons (Fsp3) is 0.310. The second-order valence-electron chi connectivity index (χ2n) is 9.03. The molecule has 226 valence electrons. The number of ether oxygens (including phenoxy) is 3. The van der Waals surface area contributed by atoms with Crippen LogP contribution >= 0.6 is 23.2 Å². The first-order valence-corrected chi connectivity index (χ1v) is 15.0. The van der Waals surface area contributed by atoms with Crippen molar-refractivity contribution in [1.82, 2.24) is 10.2 Å². The molecule has 0 aromatic heterocycles. The SMILES string of the molecule is CCC(C(=O)NC)N(Cc1ccc(Cl)cc1)C(=O)CN(c1cc(Cl)ccc1OC)S(=O)(=O)c1ccc(OC)c(OC)c1. The molecular weight excluding hydrogens is 605 g/mol. The topological polar surface area (TPSA) is 114 Å². The minimum absolute atomic E-state index is 0.0266. The van der Waals surface area contributed by atoms with Gasteiger partial charge in [-0.15, -0.1) is 0 Å². The predicted octanol–water partition coefficient (Wildman–Crippen LogP) is 4.77. The van der Waals surface area contributed by atoms with Gasteiger partial charge in [-0.05, 0) is 54.4 Å². The van der Waals surface area contributed by atoms with Crippen molar-refractivity contribution >= 4 is 50.7 Å². The summed E-state index contributed by atoms with van der Waals surface area (Å²) in [5, 5.41) is 3.32. The summed E-state index contributed by atoms with van der Waals surface area (Å²) in [7, 11) is 1.23. The van der Waals surface area contributed by atoms with Gasteiger partial charge in [0.25, 0.3) is 10.0 Å². The van der Waals surface area contributed by atoms with Gasteiger partial charge in [0.15, 0.2) is 11.5 Å². The Morgan fingerprint density at radius 2 is 1.45 bits per heavy atom. The van der Waals surface area contributed by atoms with Gasteiger partial charge in [0.2, 0.25) is 11.8 Å². The molecule has 1 N–H and O–H groups in total. The fourth-order valence-corrected chi connectivity index (χ4v) is 6.07. The highest BCUT2D eigenvalue weighted by atomic mass is 35.5. The third-order valence-corrected chi connectivity index (χ3v) is 8.77. The largest absolute Gasteiger partial charge is 0.495 e. The van der Waals surface area contributed by atoms with E-state index in [2.05, 4.69) is 5.32 Å². The van der Waals surface area contributed by atoms with Crippen LogP contribution in [-0.2, 0) is 26.2 Å². The first-order valence-electron chi connectivity index (χ1n) is 12.8. The zero-order chi connectivity index (χ0) is 31.0. The first-order chi connectivity index (χ1) is 20.0. The molecule has 0 saturated carbocycles. The summed E-state index contributed by atoms with van der Waals surface area (Å²) in [6, 6.07) is 14.5. The first kappa shape index (κ1) is 32.8. The number of rotatable bonds is 13. The molecule has 42 heavy (non-hydrogen) atoms. The van der Waals surface area contributed by atoms with Crippen molar-refractivity contribution < 1.29 is 32.2 Å². The molecule has 0 aliphatic heterocycles. The summed E-state index contributed by atoms with van der Waals surface area (Å²) < 4.78 is 45.4. The van der Waals surface area contributed by atoms with Crippen LogP contribution in [-0.4, -0.2) is 66.1 Å². The van der Waals surface area contributed by atoms with E-state index < -0.39 is 34.4 Å². The van der Waals surface area contributed by atoms with E-state index in [0.29, 0.717) is 16.3 Å². The molecule has 0 heterocycles. The third kappa shape index (κ3) is 7.39. The van der Waals surface area contributed by atoms with E-state index in [4.69, 9.17) is 37.4 Å². The van der Waals surface area contributed by atoms with Crippen molar-refractivity contribution in [2.75, 3.05) is 39.2 Å². The lowest BCUT2D eigenvalue weighted by atomic mass is 10.1. The minimum atomic E-state index is -4.43. The van der Waals surface area contributed by atoms with E-state index >= 15 is 0 Å². The monoisotopic (exact) mass is 637 g/mol. The molecule has 1 unspecified atom stereocenters. The average Bonchev–Trinajstić information content (AvgIpc) is 2.99.